The molecule has 0 saturated carbocycles. The van der Waals surface area contributed by atoms with E-state index in [0.717, 1.165) is 37.2 Å². The van der Waals surface area contributed by atoms with Gasteiger partial charge in [-0.1, -0.05) is 6.92 Å². The maximum absolute atomic E-state index is 12.5. The van der Waals surface area contributed by atoms with Gasteiger partial charge < -0.3 is 9.88 Å². The van der Waals surface area contributed by atoms with E-state index in [1.54, 1.807) is 6.20 Å². The number of ketones is 1. The molecule has 0 saturated heterocycles. The Hall–Kier alpha value is -2.10. The summed E-state index contributed by atoms with van der Waals surface area (Å²) in [7, 11) is 0. The highest BCUT2D eigenvalue weighted by Gasteiger charge is 2.18. The average molecular weight is 255 g/mol. The number of carbonyl (C=O) groups excluding carboxylic acids is 1. The highest BCUT2D eigenvalue weighted by molar-refractivity contribution is 6.07. The van der Waals surface area contributed by atoms with Crippen LogP contribution in [0.4, 0.5) is 5.69 Å². The number of hydrogen-bond donors (Lipinski definition) is 1. The maximum atomic E-state index is 12.5. The molecule has 4 heteroatoms. The summed E-state index contributed by atoms with van der Waals surface area (Å²) in [5.41, 5.74) is 3.10. The number of carbonyl (C=O) groups is 1. The van der Waals surface area contributed by atoms with Gasteiger partial charge in [0.15, 0.2) is 5.82 Å². The van der Waals surface area contributed by atoms with Gasteiger partial charge in [-0.05, 0) is 36.6 Å². The minimum absolute atomic E-state index is 0.00755. The Labute approximate surface area is 112 Å². The van der Waals surface area contributed by atoms with Crippen LogP contribution in [0.15, 0.2) is 30.6 Å². The van der Waals surface area contributed by atoms with Gasteiger partial charge >= 0.3 is 0 Å². The molecular weight excluding hydrogens is 238 g/mol. The molecule has 1 N–H and O–H groups in total. The number of imidazole rings is 1. The first-order valence-corrected chi connectivity index (χ1v) is 6.72. The number of aryl methyl sites for hydroxylation is 1. The normalized spacial score (nSPS) is 13.1. The van der Waals surface area contributed by atoms with Gasteiger partial charge in [0.1, 0.15) is 0 Å². The van der Waals surface area contributed by atoms with Gasteiger partial charge in [-0.2, -0.15) is 0 Å². The molecule has 1 aliphatic heterocycles. The Balaban J connectivity index is 1.93. The molecule has 2 aromatic rings. The number of aromatic nitrogens is 2. The molecule has 19 heavy (non-hydrogen) atoms. The molecule has 0 fully saturated rings. The van der Waals surface area contributed by atoms with Crippen LogP contribution in [0.1, 0.15) is 35.1 Å². The van der Waals surface area contributed by atoms with Crippen molar-refractivity contribution in [1.29, 1.82) is 0 Å². The lowest BCUT2D eigenvalue weighted by Crippen LogP contribution is -2.11. The molecule has 2 heterocycles. The third-order valence-electron chi connectivity index (χ3n) is 3.46. The molecule has 4 nitrogen and oxygen atoms in total. The van der Waals surface area contributed by atoms with Crippen molar-refractivity contribution in [3.63, 3.8) is 0 Å². The molecule has 0 amide bonds. The lowest BCUT2D eigenvalue weighted by atomic mass is 10.0. The van der Waals surface area contributed by atoms with Gasteiger partial charge in [0.05, 0.1) is 0 Å². The van der Waals surface area contributed by atoms with Crippen LogP contribution < -0.4 is 5.32 Å². The van der Waals surface area contributed by atoms with E-state index < -0.39 is 0 Å². The van der Waals surface area contributed by atoms with Crippen LogP contribution in [0.3, 0.4) is 0 Å². The molecular formula is C15H17N3O. The van der Waals surface area contributed by atoms with Gasteiger partial charge in [0, 0.05) is 36.7 Å². The van der Waals surface area contributed by atoms with Crippen LogP contribution in [-0.2, 0) is 13.0 Å². The molecule has 0 aliphatic carbocycles. The predicted octanol–water partition coefficient (Wildman–Crippen LogP) is 2.49. The van der Waals surface area contributed by atoms with E-state index in [9.17, 15) is 4.79 Å². The largest absolute Gasteiger partial charge is 0.384 e. The van der Waals surface area contributed by atoms with Crippen molar-refractivity contribution in [1.82, 2.24) is 9.55 Å². The number of benzene rings is 1. The van der Waals surface area contributed by atoms with E-state index in [2.05, 4.69) is 17.2 Å². The Morgan fingerprint density at radius 2 is 2.37 bits per heavy atom. The number of nitrogens with one attached hydrogen (secondary N) is 1. The second-order valence-corrected chi connectivity index (χ2v) is 4.82. The molecule has 0 radical (unpaired) electrons. The molecule has 0 bridgehead atoms. The van der Waals surface area contributed by atoms with E-state index in [4.69, 9.17) is 0 Å². The number of nitrogens with zero attached hydrogens (tertiary/aromatic N) is 2. The van der Waals surface area contributed by atoms with Crippen LogP contribution in [0.25, 0.3) is 0 Å². The molecule has 3 rings (SSSR count). The van der Waals surface area contributed by atoms with Gasteiger partial charge in [-0.25, -0.2) is 4.98 Å². The van der Waals surface area contributed by atoms with E-state index in [1.807, 2.05) is 29.0 Å². The van der Waals surface area contributed by atoms with Gasteiger partial charge in [-0.15, -0.1) is 0 Å². The fourth-order valence-electron chi connectivity index (χ4n) is 2.51. The third-order valence-corrected chi connectivity index (χ3v) is 3.46. The Morgan fingerprint density at radius 1 is 1.47 bits per heavy atom. The summed E-state index contributed by atoms with van der Waals surface area (Å²) in [5, 5.41) is 3.30. The van der Waals surface area contributed by atoms with E-state index in [0.29, 0.717) is 5.82 Å². The van der Waals surface area contributed by atoms with Gasteiger partial charge in [-0.3, -0.25) is 4.79 Å². The maximum Gasteiger partial charge on any atom is 0.228 e. The summed E-state index contributed by atoms with van der Waals surface area (Å²) in [6.07, 6.45) is 5.54. The Bertz CT molecular complexity index is 616. The van der Waals surface area contributed by atoms with Crippen LogP contribution in [0.2, 0.25) is 0 Å². The summed E-state index contributed by atoms with van der Waals surface area (Å²) in [6, 6.07) is 5.86. The van der Waals surface area contributed by atoms with Crippen molar-refractivity contribution >= 4 is 11.5 Å². The molecule has 1 aromatic carbocycles. The average Bonchev–Trinajstić information content (AvgIpc) is 3.05. The lowest BCUT2D eigenvalue weighted by molar-refractivity contribution is 0.102. The molecule has 1 aliphatic rings. The van der Waals surface area contributed by atoms with Gasteiger partial charge in [0.2, 0.25) is 5.78 Å². The molecule has 0 spiro atoms. The second-order valence-electron chi connectivity index (χ2n) is 4.82. The zero-order valence-electron chi connectivity index (χ0n) is 11.0. The SMILES string of the molecule is CCCn1ccnc1C(=O)c1ccc2c(c1)CCN2. The first-order valence-electron chi connectivity index (χ1n) is 6.72. The quantitative estimate of drug-likeness (QED) is 0.854. The van der Waals surface area contributed by atoms with E-state index in [1.165, 1.54) is 5.56 Å². The first-order chi connectivity index (χ1) is 9.29. The van der Waals surface area contributed by atoms with Crippen molar-refractivity contribution in [2.75, 3.05) is 11.9 Å². The smallest absolute Gasteiger partial charge is 0.228 e. The minimum Gasteiger partial charge on any atom is -0.384 e. The van der Waals surface area contributed by atoms with Crippen LogP contribution in [0.5, 0.6) is 0 Å². The number of hydrogen-bond acceptors (Lipinski definition) is 3. The fraction of sp³-hybridized carbons (Fsp3) is 0.333. The van der Waals surface area contributed by atoms with E-state index >= 15 is 0 Å². The zero-order chi connectivity index (χ0) is 13.2. The van der Waals surface area contributed by atoms with Crippen molar-refractivity contribution in [3.8, 4) is 0 Å². The zero-order valence-corrected chi connectivity index (χ0v) is 11.0. The van der Waals surface area contributed by atoms with Crippen molar-refractivity contribution in [3.05, 3.63) is 47.5 Å². The highest BCUT2D eigenvalue weighted by atomic mass is 16.1. The third kappa shape index (κ3) is 2.14. The van der Waals surface area contributed by atoms with Crippen molar-refractivity contribution in [2.45, 2.75) is 26.3 Å². The van der Waals surface area contributed by atoms with Crippen molar-refractivity contribution in [2.24, 2.45) is 0 Å². The summed E-state index contributed by atoms with van der Waals surface area (Å²) >= 11 is 0. The van der Waals surface area contributed by atoms with E-state index in [-0.39, 0.29) is 5.78 Å². The highest BCUT2D eigenvalue weighted by Crippen LogP contribution is 2.24. The Morgan fingerprint density at radius 3 is 3.21 bits per heavy atom. The number of anilines is 1. The lowest BCUT2D eigenvalue weighted by Gasteiger charge is -2.07. The molecule has 98 valence electrons. The predicted molar refractivity (Wildman–Crippen MR) is 74.6 cm³/mol. The topological polar surface area (TPSA) is 46.9 Å². The van der Waals surface area contributed by atoms with Crippen LogP contribution >= 0.6 is 0 Å². The second kappa shape index (κ2) is 4.88. The van der Waals surface area contributed by atoms with Crippen LogP contribution in [0, 0.1) is 0 Å². The monoisotopic (exact) mass is 255 g/mol. The van der Waals surface area contributed by atoms with Crippen molar-refractivity contribution < 1.29 is 4.79 Å². The minimum atomic E-state index is 0.00755. The molecule has 0 unspecified atom stereocenters. The summed E-state index contributed by atoms with van der Waals surface area (Å²) < 4.78 is 1.92. The van der Waals surface area contributed by atoms with Crippen LogP contribution in [-0.4, -0.2) is 21.9 Å². The van der Waals surface area contributed by atoms with Gasteiger partial charge in [0.25, 0.3) is 0 Å². The summed E-state index contributed by atoms with van der Waals surface area (Å²) in [4.78, 5) is 16.7. The first kappa shape index (κ1) is 12.0. The fourth-order valence-corrected chi connectivity index (χ4v) is 2.51. The standard InChI is InChI=1S/C15H17N3O/c1-2-8-18-9-7-17-15(18)14(19)12-3-4-13-11(10-12)5-6-16-13/h3-4,7,9-10,16H,2,5-6,8H2,1H3. The summed E-state index contributed by atoms with van der Waals surface area (Å²) in [5.74, 6) is 0.543. The number of fused-ring (bicyclic) bond motifs is 1. The molecule has 1 aromatic heterocycles. The Kier molecular flexibility index (Phi) is 3.07. The molecule has 0 atom stereocenters. The number of rotatable bonds is 4. The summed E-state index contributed by atoms with van der Waals surface area (Å²) in [6.45, 7) is 3.88.